The van der Waals surface area contributed by atoms with Crippen LogP contribution in [0.5, 0.6) is 0 Å². The van der Waals surface area contributed by atoms with E-state index in [9.17, 15) is 4.79 Å². The van der Waals surface area contributed by atoms with Gasteiger partial charge in [0.05, 0.1) is 13.0 Å². The fourth-order valence-corrected chi connectivity index (χ4v) is 1.98. The zero-order chi connectivity index (χ0) is 11.6. The van der Waals surface area contributed by atoms with E-state index < -0.39 is 0 Å². The third-order valence-corrected chi connectivity index (χ3v) is 2.83. The number of ether oxygens (including phenoxy) is 1. The molecule has 1 aliphatic rings. The fraction of sp³-hybridized carbons (Fsp3) is 0.583. The molecule has 1 aliphatic carbocycles. The minimum absolute atomic E-state index is 0.0622. The van der Waals surface area contributed by atoms with Crippen molar-refractivity contribution >= 4 is 17.6 Å². The highest BCUT2D eigenvalue weighted by Gasteiger charge is 2.32. The molecule has 1 rings (SSSR count). The van der Waals surface area contributed by atoms with Gasteiger partial charge in [0.15, 0.2) is 0 Å². The number of hydrogen-bond donors (Lipinski definition) is 0. The lowest BCUT2D eigenvalue weighted by atomic mass is 9.75. The van der Waals surface area contributed by atoms with E-state index in [1.165, 1.54) is 7.11 Å². The fourth-order valence-electron chi connectivity index (χ4n) is 1.77. The summed E-state index contributed by atoms with van der Waals surface area (Å²) in [6, 6.07) is 0. The van der Waals surface area contributed by atoms with Crippen molar-refractivity contribution in [1.82, 2.24) is 0 Å². The molecule has 0 heterocycles. The first-order valence-electron chi connectivity index (χ1n) is 5.02. The summed E-state index contributed by atoms with van der Waals surface area (Å²) in [6.45, 7) is 6.22. The highest BCUT2D eigenvalue weighted by molar-refractivity contribution is 6.31. The quantitative estimate of drug-likeness (QED) is 0.644. The Morgan fingerprint density at radius 3 is 2.60 bits per heavy atom. The van der Waals surface area contributed by atoms with Crippen molar-refractivity contribution in [2.24, 2.45) is 11.3 Å². The average molecular weight is 229 g/mol. The molecule has 0 aromatic carbocycles. The van der Waals surface area contributed by atoms with Crippen molar-refractivity contribution in [3.63, 3.8) is 0 Å². The number of carbonyl (C=O) groups excluding carboxylic acids is 1. The zero-order valence-corrected chi connectivity index (χ0v) is 10.4. The van der Waals surface area contributed by atoms with Gasteiger partial charge in [-0.1, -0.05) is 38.4 Å². The van der Waals surface area contributed by atoms with Gasteiger partial charge in [-0.25, -0.2) is 0 Å². The van der Waals surface area contributed by atoms with E-state index in [1.54, 1.807) is 0 Å². The first-order valence-corrected chi connectivity index (χ1v) is 5.39. The molecule has 1 atom stereocenters. The van der Waals surface area contributed by atoms with Crippen LogP contribution >= 0.6 is 11.6 Å². The Bertz CT molecular complexity index is 321. The Labute approximate surface area is 95.9 Å². The van der Waals surface area contributed by atoms with E-state index >= 15 is 0 Å². The second kappa shape index (κ2) is 4.40. The van der Waals surface area contributed by atoms with E-state index in [-0.39, 0.29) is 17.3 Å². The van der Waals surface area contributed by atoms with Crippen LogP contribution < -0.4 is 0 Å². The topological polar surface area (TPSA) is 26.3 Å². The molecular weight excluding hydrogens is 212 g/mol. The Hall–Kier alpha value is -0.760. The Morgan fingerprint density at radius 2 is 2.13 bits per heavy atom. The van der Waals surface area contributed by atoms with E-state index in [1.807, 2.05) is 12.2 Å². The van der Waals surface area contributed by atoms with Crippen molar-refractivity contribution in [3.05, 3.63) is 22.8 Å². The largest absolute Gasteiger partial charge is 0.469 e. The van der Waals surface area contributed by atoms with Crippen molar-refractivity contribution < 1.29 is 9.53 Å². The predicted octanol–water partition coefficient (Wildman–Crippen LogP) is 3.27. The van der Waals surface area contributed by atoms with Gasteiger partial charge in [-0.2, -0.15) is 0 Å². The molecule has 84 valence electrons. The van der Waals surface area contributed by atoms with Gasteiger partial charge in [-0.3, -0.25) is 4.79 Å². The molecule has 0 aromatic heterocycles. The zero-order valence-electron chi connectivity index (χ0n) is 9.63. The second-order valence-electron chi connectivity index (χ2n) is 4.75. The summed E-state index contributed by atoms with van der Waals surface area (Å²) in [5.74, 6) is -0.367. The summed E-state index contributed by atoms with van der Waals surface area (Å²) in [6.07, 6.45) is 4.37. The summed E-state index contributed by atoms with van der Waals surface area (Å²) in [7, 11) is 1.42. The lowest BCUT2D eigenvalue weighted by Crippen LogP contribution is -2.27. The van der Waals surface area contributed by atoms with Crippen LogP contribution in [0.15, 0.2) is 22.8 Å². The number of allylic oxidation sites excluding steroid dienone is 3. The number of rotatable bonds is 1. The van der Waals surface area contributed by atoms with Crippen molar-refractivity contribution in [2.75, 3.05) is 7.11 Å². The van der Waals surface area contributed by atoms with E-state index in [2.05, 4.69) is 20.8 Å². The number of hydrogen-bond acceptors (Lipinski definition) is 2. The number of esters is 1. The van der Waals surface area contributed by atoms with Gasteiger partial charge < -0.3 is 4.74 Å². The molecule has 0 bridgehead atoms. The molecule has 0 aromatic rings. The number of methoxy groups -OCH3 is 1. The summed E-state index contributed by atoms with van der Waals surface area (Å²) >= 11 is 5.96. The standard InChI is InChI=1S/C12H17ClO2/c1-12(2,3)10-7-8(13)5-6-9(10)11(14)15-4/h5,7,9H,6H2,1-4H3. The van der Waals surface area contributed by atoms with Crippen LogP contribution in [0.3, 0.4) is 0 Å². The van der Waals surface area contributed by atoms with E-state index in [4.69, 9.17) is 16.3 Å². The summed E-state index contributed by atoms with van der Waals surface area (Å²) in [5.41, 5.74) is 0.981. The van der Waals surface area contributed by atoms with Crippen molar-refractivity contribution in [3.8, 4) is 0 Å². The molecule has 0 N–H and O–H groups in total. The number of halogens is 1. The first-order chi connectivity index (χ1) is 6.86. The molecular formula is C12H17ClO2. The van der Waals surface area contributed by atoms with Crippen molar-refractivity contribution in [2.45, 2.75) is 27.2 Å². The minimum Gasteiger partial charge on any atom is -0.469 e. The Kier molecular flexibility index (Phi) is 3.61. The average Bonchev–Trinajstić information content (AvgIpc) is 2.15. The van der Waals surface area contributed by atoms with Crippen LogP contribution in [0.2, 0.25) is 0 Å². The maximum absolute atomic E-state index is 11.6. The molecule has 3 heteroatoms. The molecule has 1 unspecified atom stereocenters. The molecule has 0 spiro atoms. The first kappa shape index (κ1) is 12.3. The van der Waals surface area contributed by atoms with Crippen LogP contribution in [0.25, 0.3) is 0 Å². The highest BCUT2D eigenvalue weighted by atomic mass is 35.5. The summed E-state index contributed by atoms with van der Waals surface area (Å²) < 4.78 is 4.80. The second-order valence-corrected chi connectivity index (χ2v) is 5.19. The van der Waals surface area contributed by atoms with Gasteiger partial charge in [0.1, 0.15) is 0 Å². The lowest BCUT2D eigenvalue weighted by Gasteiger charge is -2.30. The van der Waals surface area contributed by atoms with Gasteiger partial charge in [0, 0.05) is 5.03 Å². The molecule has 0 radical (unpaired) electrons. The lowest BCUT2D eigenvalue weighted by molar-refractivity contribution is -0.144. The molecule has 15 heavy (non-hydrogen) atoms. The van der Waals surface area contributed by atoms with Gasteiger partial charge in [-0.15, -0.1) is 0 Å². The third-order valence-electron chi connectivity index (χ3n) is 2.57. The molecule has 0 aliphatic heterocycles. The maximum Gasteiger partial charge on any atom is 0.313 e. The SMILES string of the molecule is COC(=O)C1CC=C(Cl)C=C1C(C)(C)C. The molecule has 0 amide bonds. The van der Waals surface area contributed by atoms with Gasteiger partial charge in [0.2, 0.25) is 0 Å². The van der Waals surface area contributed by atoms with Crippen LogP contribution in [0.4, 0.5) is 0 Å². The molecule has 0 saturated carbocycles. The van der Waals surface area contributed by atoms with Crippen LogP contribution in [-0.2, 0) is 9.53 Å². The van der Waals surface area contributed by atoms with Crippen LogP contribution in [-0.4, -0.2) is 13.1 Å². The Balaban J connectivity index is 3.03. The van der Waals surface area contributed by atoms with E-state index in [0.717, 1.165) is 5.57 Å². The number of carbonyl (C=O) groups is 1. The molecule has 2 nitrogen and oxygen atoms in total. The minimum atomic E-state index is -0.184. The van der Waals surface area contributed by atoms with Gasteiger partial charge in [0.25, 0.3) is 0 Å². The molecule has 0 fully saturated rings. The predicted molar refractivity (Wildman–Crippen MR) is 61.6 cm³/mol. The van der Waals surface area contributed by atoms with Crippen LogP contribution in [0, 0.1) is 11.3 Å². The molecule has 0 saturated heterocycles. The smallest absolute Gasteiger partial charge is 0.313 e. The van der Waals surface area contributed by atoms with E-state index in [0.29, 0.717) is 11.5 Å². The van der Waals surface area contributed by atoms with Gasteiger partial charge >= 0.3 is 5.97 Å². The Morgan fingerprint density at radius 1 is 1.53 bits per heavy atom. The van der Waals surface area contributed by atoms with Crippen molar-refractivity contribution in [1.29, 1.82) is 0 Å². The normalized spacial score (nSPS) is 21.8. The summed E-state index contributed by atoms with van der Waals surface area (Å²) in [5, 5.41) is 0.708. The van der Waals surface area contributed by atoms with Gasteiger partial charge in [-0.05, 0) is 23.5 Å². The highest BCUT2D eigenvalue weighted by Crippen LogP contribution is 2.38. The summed E-state index contributed by atoms with van der Waals surface area (Å²) in [4.78, 5) is 11.6. The third kappa shape index (κ3) is 2.85. The monoisotopic (exact) mass is 228 g/mol. The van der Waals surface area contributed by atoms with Crippen LogP contribution in [0.1, 0.15) is 27.2 Å². The maximum atomic E-state index is 11.6.